The molecule has 0 spiro atoms. The third-order valence-electron chi connectivity index (χ3n) is 4.77. The number of urea groups is 1. The molecule has 1 aromatic heterocycles. The lowest BCUT2D eigenvalue weighted by atomic mass is 10.1. The van der Waals surface area contributed by atoms with E-state index in [0.29, 0.717) is 18.0 Å². The molecule has 0 unspecified atom stereocenters. The van der Waals surface area contributed by atoms with E-state index < -0.39 is 22.8 Å². The molecule has 33 heavy (non-hydrogen) atoms. The van der Waals surface area contributed by atoms with Gasteiger partial charge in [0.2, 0.25) is 0 Å². The number of nitrogens with one attached hydrogen (secondary N) is 1. The first-order valence-corrected chi connectivity index (χ1v) is 9.87. The van der Waals surface area contributed by atoms with Crippen LogP contribution < -0.4 is 15.0 Å². The van der Waals surface area contributed by atoms with Crippen LogP contribution in [0.15, 0.2) is 70.7 Å². The van der Waals surface area contributed by atoms with Crippen LogP contribution in [0.1, 0.15) is 12.7 Å². The van der Waals surface area contributed by atoms with Crippen molar-refractivity contribution >= 4 is 35.3 Å². The van der Waals surface area contributed by atoms with Crippen LogP contribution in [0.5, 0.6) is 5.75 Å². The lowest BCUT2D eigenvalue weighted by Crippen LogP contribution is -2.54. The maximum absolute atomic E-state index is 12.9. The fourth-order valence-electron chi connectivity index (χ4n) is 3.31. The number of nitro benzene ring substituents is 1. The molecule has 1 aliphatic heterocycles. The lowest BCUT2D eigenvalue weighted by molar-refractivity contribution is -0.384. The van der Waals surface area contributed by atoms with E-state index in [2.05, 4.69) is 5.32 Å². The number of hydrogen-bond acceptors (Lipinski definition) is 7. The van der Waals surface area contributed by atoms with Gasteiger partial charge in [0.05, 0.1) is 28.8 Å². The number of para-hydroxylation sites is 1. The van der Waals surface area contributed by atoms with Gasteiger partial charge in [0.1, 0.15) is 22.8 Å². The first-order chi connectivity index (χ1) is 15.9. The number of benzene rings is 2. The molecule has 2 aromatic carbocycles. The fourth-order valence-corrected chi connectivity index (χ4v) is 3.31. The van der Waals surface area contributed by atoms with Crippen LogP contribution in [0.3, 0.4) is 0 Å². The second-order valence-electron chi connectivity index (χ2n) is 6.86. The molecular weight excluding hydrogens is 430 g/mol. The number of carbonyl (C=O) groups is 3. The van der Waals surface area contributed by atoms with Crippen LogP contribution in [0.25, 0.3) is 17.4 Å². The highest BCUT2D eigenvalue weighted by atomic mass is 16.6. The monoisotopic (exact) mass is 447 g/mol. The highest BCUT2D eigenvalue weighted by Crippen LogP contribution is 2.35. The number of carbonyl (C=O) groups excluding carboxylic acids is 3. The molecule has 3 aromatic rings. The number of rotatable bonds is 6. The van der Waals surface area contributed by atoms with Crippen LogP contribution in [0.2, 0.25) is 0 Å². The second kappa shape index (κ2) is 8.79. The van der Waals surface area contributed by atoms with Crippen molar-refractivity contribution in [3.8, 4) is 17.1 Å². The van der Waals surface area contributed by atoms with Crippen LogP contribution in [-0.4, -0.2) is 29.4 Å². The van der Waals surface area contributed by atoms with Crippen LogP contribution in [0.4, 0.5) is 16.2 Å². The Balaban J connectivity index is 1.68. The van der Waals surface area contributed by atoms with E-state index in [4.69, 9.17) is 9.15 Å². The molecule has 4 amide bonds. The zero-order valence-corrected chi connectivity index (χ0v) is 17.3. The number of nitro groups is 1. The maximum Gasteiger partial charge on any atom is 0.335 e. The summed E-state index contributed by atoms with van der Waals surface area (Å²) < 4.78 is 11.0. The topological polar surface area (TPSA) is 132 Å². The minimum atomic E-state index is -0.873. The van der Waals surface area contributed by atoms with Gasteiger partial charge in [-0.25, -0.2) is 9.69 Å². The summed E-state index contributed by atoms with van der Waals surface area (Å²) in [6.07, 6.45) is 1.18. The van der Waals surface area contributed by atoms with Gasteiger partial charge in [-0.15, -0.1) is 0 Å². The van der Waals surface area contributed by atoms with Crippen molar-refractivity contribution in [3.63, 3.8) is 0 Å². The van der Waals surface area contributed by atoms with Crippen molar-refractivity contribution in [3.05, 3.63) is 82.1 Å². The molecule has 1 aliphatic rings. The average Bonchev–Trinajstić information content (AvgIpc) is 3.26. The smallest absolute Gasteiger partial charge is 0.335 e. The van der Waals surface area contributed by atoms with Crippen molar-refractivity contribution in [2.24, 2.45) is 0 Å². The van der Waals surface area contributed by atoms with E-state index >= 15 is 0 Å². The highest BCUT2D eigenvalue weighted by Gasteiger charge is 2.37. The number of barbiturate groups is 1. The van der Waals surface area contributed by atoms with Gasteiger partial charge in [0, 0.05) is 0 Å². The molecule has 0 bridgehead atoms. The van der Waals surface area contributed by atoms with Gasteiger partial charge in [-0.2, -0.15) is 0 Å². The molecule has 166 valence electrons. The van der Waals surface area contributed by atoms with Gasteiger partial charge in [-0.1, -0.05) is 18.2 Å². The standard InChI is InChI=1S/C23H17N3O7/c1-2-32-15-8-10-17(19(13-15)26(30)31)20-11-9-16(33-20)12-18-21(27)24-23(29)25(22(18)28)14-6-4-3-5-7-14/h3-13H,2H2,1H3,(H,24,27,29)/b18-12-. The highest BCUT2D eigenvalue weighted by molar-refractivity contribution is 6.39. The molecule has 10 nitrogen and oxygen atoms in total. The first kappa shape index (κ1) is 21.5. The largest absolute Gasteiger partial charge is 0.494 e. The summed E-state index contributed by atoms with van der Waals surface area (Å²) in [5.74, 6) is -1.08. The summed E-state index contributed by atoms with van der Waals surface area (Å²) in [6.45, 7) is 2.12. The molecule has 0 aliphatic carbocycles. The molecule has 2 heterocycles. The van der Waals surface area contributed by atoms with E-state index in [1.165, 1.54) is 30.3 Å². The van der Waals surface area contributed by atoms with Crippen molar-refractivity contribution in [1.82, 2.24) is 5.32 Å². The van der Waals surface area contributed by atoms with E-state index in [0.717, 1.165) is 4.90 Å². The Morgan fingerprint density at radius 2 is 1.85 bits per heavy atom. The number of imide groups is 2. The molecule has 1 N–H and O–H groups in total. The van der Waals surface area contributed by atoms with Crippen LogP contribution >= 0.6 is 0 Å². The Hall–Kier alpha value is -4.73. The molecule has 1 fully saturated rings. The Bertz CT molecular complexity index is 1290. The molecule has 0 atom stereocenters. The Kier molecular flexibility index (Phi) is 5.73. The maximum atomic E-state index is 12.9. The van der Waals surface area contributed by atoms with Gasteiger partial charge >= 0.3 is 6.03 Å². The summed E-state index contributed by atoms with van der Waals surface area (Å²) in [7, 11) is 0. The Morgan fingerprint density at radius 3 is 2.55 bits per heavy atom. The minimum Gasteiger partial charge on any atom is -0.494 e. The zero-order valence-electron chi connectivity index (χ0n) is 17.3. The lowest BCUT2D eigenvalue weighted by Gasteiger charge is -2.26. The van der Waals surface area contributed by atoms with Gasteiger partial charge in [0.25, 0.3) is 17.5 Å². The summed E-state index contributed by atoms with van der Waals surface area (Å²) >= 11 is 0. The summed E-state index contributed by atoms with van der Waals surface area (Å²) in [5, 5.41) is 13.6. The minimum absolute atomic E-state index is 0.106. The zero-order chi connectivity index (χ0) is 23.5. The fraction of sp³-hybridized carbons (Fsp3) is 0.0870. The van der Waals surface area contributed by atoms with Crippen molar-refractivity contribution < 1.29 is 28.5 Å². The SMILES string of the molecule is CCOc1ccc(-c2ccc(/C=C3/C(=O)NC(=O)N(c4ccccc4)C3=O)o2)c([N+](=O)[O-])c1. The molecule has 4 rings (SSSR count). The predicted octanol–water partition coefficient (Wildman–Crippen LogP) is 3.92. The quantitative estimate of drug-likeness (QED) is 0.262. The predicted molar refractivity (Wildman–Crippen MR) is 117 cm³/mol. The second-order valence-corrected chi connectivity index (χ2v) is 6.86. The molecular formula is C23H17N3O7. The van der Waals surface area contributed by atoms with Gasteiger partial charge in [-0.05, 0) is 49.4 Å². The van der Waals surface area contributed by atoms with Crippen molar-refractivity contribution in [2.45, 2.75) is 6.92 Å². The van der Waals surface area contributed by atoms with Crippen molar-refractivity contribution in [2.75, 3.05) is 11.5 Å². The van der Waals surface area contributed by atoms with Crippen molar-refractivity contribution in [1.29, 1.82) is 0 Å². The number of nitrogens with zero attached hydrogens (tertiary/aromatic N) is 2. The van der Waals surface area contributed by atoms with Crippen LogP contribution in [-0.2, 0) is 9.59 Å². The molecule has 10 heteroatoms. The number of amides is 4. The number of ether oxygens (including phenoxy) is 1. The summed E-state index contributed by atoms with van der Waals surface area (Å²) in [5.41, 5.74) is -0.0421. The molecule has 1 saturated heterocycles. The third-order valence-corrected chi connectivity index (χ3v) is 4.77. The Morgan fingerprint density at radius 1 is 1.09 bits per heavy atom. The van der Waals surface area contributed by atoms with Crippen LogP contribution in [0, 0.1) is 10.1 Å². The van der Waals surface area contributed by atoms with Gasteiger partial charge in [-0.3, -0.25) is 25.0 Å². The average molecular weight is 447 g/mol. The van der Waals surface area contributed by atoms with E-state index in [9.17, 15) is 24.5 Å². The number of furan rings is 1. The summed E-state index contributed by atoms with van der Waals surface area (Å²) in [6, 6.07) is 14.6. The third kappa shape index (κ3) is 4.22. The normalized spacial score (nSPS) is 15.0. The molecule has 0 radical (unpaired) electrons. The summed E-state index contributed by atoms with van der Waals surface area (Å²) in [4.78, 5) is 49.3. The number of hydrogen-bond donors (Lipinski definition) is 1. The van der Waals surface area contributed by atoms with E-state index in [1.54, 1.807) is 43.3 Å². The van der Waals surface area contributed by atoms with Gasteiger partial charge < -0.3 is 9.15 Å². The van der Waals surface area contributed by atoms with E-state index in [-0.39, 0.29) is 28.3 Å². The number of anilines is 1. The van der Waals surface area contributed by atoms with Gasteiger partial charge in [0.15, 0.2) is 0 Å². The Labute approximate surface area is 187 Å². The van der Waals surface area contributed by atoms with E-state index in [1.807, 2.05) is 0 Å². The first-order valence-electron chi connectivity index (χ1n) is 9.87. The molecule has 0 saturated carbocycles.